The molecule has 112 valence electrons. The van der Waals surface area contributed by atoms with Crippen molar-refractivity contribution in [1.29, 1.82) is 0 Å². The van der Waals surface area contributed by atoms with Crippen LogP contribution < -0.4 is 5.32 Å². The number of benzene rings is 1. The molecule has 1 aromatic carbocycles. The summed E-state index contributed by atoms with van der Waals surface area (Å²) in [5, 5.41) is 20.4. The number of aromatic carboxylic acids is 2. The lowest BCUT2D eigenvalue weighted by atomic mass is 10.1. The smallest absolute Gasteiger partial charge is 0.338 e. The van der Waals surface area contributed by atoms with Crippen LogP contribution in [0.3, 0.4) is 0 Å². The molecule has 8 heteroatoms. The van der Waals surface area contributed by atoms with Gasteiger partial charge in [-0.3, -0.25) is 9.78 Å². The first-order valence-corrected chi connectivity index (χ1v) is 6.30. The number of nitrogens with zero attached hydrogens (tertiary/aromatic N) is 1. The van der Waals surface area contributed by atoms with Gasteiger partial charge in [-0.05, 0) is 30.3 Å². The van der Waals surface area contributed by atoms with Gasteiger partial charge in [0.15, 0.2) is 0 Å². The van der Waals surface area contributed by atoms with E-state index in [9.17, 15) is 14.4 Å². The summed E-state index contributed by atoms with van der Waals surface area (Å²) >= 11 is 5.89. The maximum absolute atomic E-state index is 12.1. The van der Waals surface area contributed by atoms with Crippen molar-refractivity contribution in [3.05, 3.63) is 58.4 Å². The minimum absolute atomic E-state index is 0.0496. The second-order valence-electron chi connectivity index (χ2n) is 4.16. The third-order valence-corrected chi connectivity index (χ3v) is 3.04. The average molecular weight is 321 g/mol. The first-order chi connectivity index (χ1) is 10.4. The number of hydrogen-bond donors (Lipinski definition) is 3. The van der Waals surface area contributed by atoms with Gasteiger partial charge in [-0.1, -0.05) is 11.6 Å². The van der Waals surface area contributed by atoms with Crippen molar-refractivity contribution in [2.75, 3.05) is 5.32 Å². The van der Waals surface area contributed by atoms with Crippen molar-refractivity contribution in [2.24, 2.45) is 0 Å². The number of pyridine rings is 1. The quantitative estimate of drug-likeness (QED) is 0.796. The molecule has 2 rings (SSSR count). The minimum Gasteiger partial charge on any atom is -0.478 e. The second kappa shape index (κ2) is 6.23. The fraction of sp³-hybridized carbons (Fsp3) is 0. The van der Waals surface area contributed by atoms with Crippen molar-refractivity contribution in [1.82, 2.24) is 4.98 Å². The highest BCUT2D eigenvalue weighted by atomic mass is 35.5. The van der Waals surface area contributed by atoms with Crippen LogP contribution in [0.5, 0.6) is 0 Å². The fourth-order valence-electron chi connectivity index (χ4n) is 1.69. The first kappa shape index (κ1) is 15.5. The number of hydrogen-bond acceptors (Lipinski definition) is 4. The maximum atomic E-state index is 12.1. The molecule has 0 aliphatic rings. The van der Waals surface area contributed by atoms with Crippen LogP contribution in [0.1, 0.15) is 31.2 Å². The first-order valence-electron chi connectivity index (χ1n) is 5.92. The molecule has 1 aromatic heterocycles. The Labute approximate surface area is 129 Å². The van der Waals surface area contributed by atoms with E-state index in [0.29, 0.717) is 0 Å². The van der Waals surface area contributed by atoms with E-state index in [1.54, 1.807) is 0 Å². The molecule has 2 aromatic rings. The number of nitrogens with one attached hydrogen (secondary N) is 1. The highest BCUT2D eigenvalue weighted by molar-refractivity contribution is 6.34. The number of anilines is 1. The van der Waals surface area contributed by atoms with E-state index in [-0.39, 0.29) is 27.5 Å². The van der Waals surface area contributed by atoms with E-state index >= 15 is 0 Å². The standard InChI is InChI=1S/C14H9ClN2O5/c15-9-4-3-7(13(19)20)6-10(9)17-12(18)11-8(14(21)22)2-1-5-16-11/h1-6H,(H,17,18)(H,19,20)(H,21,22). The lowest BCUT2D eigenvalue weighted by molar-refractivity contribution is 0.0684. The predicted molar refractivity (Wildman–Crippen MR) is 77.6 cm³/mol. The van der Waals surface area contributed by atoms with E-state index in [1.807, 2.05) is 0 Å². The van der Waals surface area contributed by atoms with Gasteiger partial charge in [-0.15, -0.1) is 0 Å². The Morgan fingerprint density at radius 2 is 1.82 bits per heavy atom. The van der Waals surface area contributed by atoms with Crippen LogP contribution in [0, 0.1) is 0 Å². The Kier molecular flexibility index (Phi) is 4.38. The summed E-state index contributed by atoms with van der Waals surface area (Å²) in [6.45, 7) is 0. The summed E-state index contributed by atoms with van der Waals surface area (Å²) in [6.07, 6.45) is 1.27. The van der Waals surface area contributed by atoms with Crippen molar-refractivity contribution in [3.63, 3.8) is 0 Å². The molecule has 0 saturated carbocycles. The van der Waals surface area contributed by atoms with E-state index in [1.165, 1.54) is 36.5 Å². The topological polar surface area (TPSA) is 117 Å². The van der Waals surface area contributed by atoms with Crippen molar-refractivity contribution in [3.8, 4) is 0 Å². The number of carbonyl (C=O) groups is 3. The Bertz CT molecular complexity index is 776. The number of rotatable bonds is 4. The highest BCUT2D eigenvalue weighted by Crippen LogP contribution is 2.24. The molecule has 1 amide bonds. The van der Waals surface area contributed by atoms with Gasteiger partial charge < -0.3 is 15.5 Å². The number of carboxylic acid groups (broad SMARTS) is 2. The van der Waals surface area contributed by atoms with Gasteiger partial charge >= 0.3 is 11.9 Å². The molecule has 0 spiro atoms. The predicted octanol–water partition coefficient (Wildman–Crippen LogP) is 2.38. The van der Waals surface area contributed by atoms with Crippen LogP contribution in [0.25, 0.3) is 0 Å². The molecular weight excluding hydrogens is 312 g/mol. The van der Waals surface area contributed by atoms with Crippen LogP contribution in [-0.2, 0) is 0 Å². The van der Waals surface area contributed by atoms with Gasteiger partial charge in [0.25, 0.3) is 5.91 Å². The van der Waals surface area contributed by atoms with E-state index in [0.717, 1.165) is 0 Å². The zero-order chi connectivity index (χ0) is 16.3. The molecule has 0 atom stereocenters. The van der Waals surface area contributed by atoms with Crippen molar-refractivity contribution < 1.29 is 24.6 Å². The van der Waals surface area contributed by atoms with Crippen LogP contribution >= 0.6 is 11.6 Å². The maximum Gasteiger partial charge on any atom is 0.338 e. The number of carbonyl (C=O) groups excluding carboxylic acids is 1. The largest absolute Gasteiger partial charge is 0.478 e. The monoisotopic (exact) mass is 320 g/mol. The summed E-state index contributed by atoms with van der Waals surface area (Å²) in [4.78, 5) is 37.8. The van der Waals surface area contributed by atoms with Crippen LogP contribution in [-0.4, -0.2) is 33.0 Å². The molecule has 3 N–H and O–H groups in total. The fourth-order valence-corrected chi connectivity index (χ4v) is 1.86. The number of aromatic nitrogens is 1. The third kappa shape index (κ3) is 3.21. The van der Waals surface area contributed by atoms with Gasteiger partial charge in [0.1, 0.15) is 5.69 Å². The van der Waals surface area contributed by atoms with Crippen LogP contribution in [0.4, 0.5) is 5.69 Å². The summed E-state index contributed by atoms with van der Waals surface area (Å²) < 4.78 is 0. The Hall–Kier alpha value is -2.93. The van der Waals surface area contributed by atoms with Gasteiger partial charge in [-0.25, -0.2) is 9.59 Å². The van der Waals surface area contributed by atoms with Crippen molar-refractivity contribution >= 4 is 35.1 Å². The van der Waals surface area contributed by atoms with Gasteiger partial charge in [0.05, 0.1) is 21.8 Å². The number of halogens is 1. The Morgan fingerprint density at radius 3 is 2.45 bits per heavy atom. The second-order valence-corrected chi connectivity index (χ2v) is 4.57. The SMILES string of the molecule is O=C(O)c1ccc(Cl)c(NC(=O)c2ncccc2C(=O)O)c1. The summed E-state index contributed by atoms with van der Waals surface area (Å²) in [5.41, 5.74) is -0.593. The van der Waals surface area contributed by atoms with Crippen LogP contribution in [0.2, 0.25) is 5.02 Å². The van der Waals surface area contributed by atoms with E-state index in [2.05, 4.69) is 10.3 Å². The Balaban J connectivity index is 2.36. The number of carboxylic acids is 2. The summed E-state index contributed by atoms with van der Waals surface area (Å²) in [6, 6.07) is 6.39. The van der Waals surface area contributed by atoms with Gasteiger partial charge in [0, 0.05) is 6.20 Å². The highest BCUT2D eigenvalue weighted by Gasteiger charge is 2.19. The molecular formula is C14H9ClN2O5. The normalized spacial score (nSPS) is 10.0. The van der Waals surface area contributed by atoms with Crippen molar-refractivity contribution in [2.45, 2.75) is 0 Å². The molecule has 0 aliphatic carbocycles. The molecule has 1 heterocycles. The van der Waals surface area contributed by atoms with E-state index in [4.69, 9.17) is 21.8 Å². The molecule has 0 bridgehead atoms. The molecule has 0 unspecified atom stereocenters. The molecule has 7 nitrogen and oxygen atoms in total. The average Bonchev–Trinajstić information content (AvgIpc) is 2.49. The van der Waals surface area contributed by atoms with Gasteiger partial charge in [-0.2, -0.15) is 0 Å². The lowest BCUT2D eigenvalue weighted by Crippen LogP contribution is -2.18. The molecule has 0 saturated heterocycles. The summed E-state index contributed by atoms with van der Waals surface area (Å²) in [7, 11) is 0. The van der Waals surface area contributed by atoms with Gasteiger partial charge in [0.2, 0.25) is 0 Å². The lowest BCUT2D eigenvalue weighted by Gasteiger charge is -2.09. The molecule has 0 radical (unpaired) electrons. The molecule has 22 heavy (non-hydrogen) atoms. The Morgan fingerprint density at radius 1 is 1.09 bits per heavy atom. The number of amides is 1. The van der Waals surface area contributed by atoms with E-state index < -0.39 is 17.8 Å². The molecule has 0 fully saturated rings. The summed E-state index contributed by atoms with van der Waals surface area (Å²) in [5.74, 6) is -3.29. The zero-order valence-corrected chi connectivity index (χ0v) is 11.7. The molecule has 0 aliphatic heterocycles. The zero-order valence-electron chi connectivity index (χ0n) is 10.9. The minimum atomic E-state index is -1.30. The third-order valence-electron chi connectivity index (χ3n) is 2.71. The van der Waals surface area contributed by atoms with Crippen LogP contribution in [0.15, 0.2) is 36.5 Å².